The zero-order valence-corrected chi connectivity index (χ0v) is 8.46. The van der Waals surface area contributed by atoms with E-state index in [-0.39, 0.29) is 12.4 Å². The molecule has 0 N–H and O–H groups in total. The predicted molar refractivity (Wildman–Crippen MR) is 54.2 cm³/mol. The highest BCUT2D eigenvalue weighted by atomic mass is 16.7. The molecule has 0 bridgehead atoms. The fraction of sp³-hybridized carbons (Fsp3) is 0.500. The van der Waals surface area contributed by atoms with E-state index < -0.39 is 0 Å². The van der Waals surface area contributed by atoms with Crippen molar-refractivity contribution in [3.8, 4) is 0 Å². The summed E-state index contributed by atoms with van der Waals surface area (Å²) >= 11 is 0. The Balaban J connectivity index is 1.54. The van der Waals surface area contributed by atoms with Crippen LogP contribution in [-0.2, 0) is 20.8 Å². The number of benzene rings is 1. The summed E-state index contributed by atoms with van der Waals surface area (Å²) in [5, 5.41) is 0. The minimum Gasteiger partial charge on any atom is -0.364 e. The Hall–Kier alpha value is -0.900. The van der Waals surface area contributed by atoms with Crippen molar-refractivity contribution < 1.29 is 14.2 Å². The molecule has 3 atom stereocenters. The van der Waals surface area contributed by atoms with Crippen LogP contribution in [0.15, 0.2) is 30.3 Å². The van der Waals surface area contributed by atoms with Gasteiger partial charge in [0, 0.05) is 0 Å². The Labute approximate surface area is 89.0 Å². The molecule has 3 rings (SSSR count). The average Bonchev–Trinajstić information content (AvgIpc) is 3.07. The highest BCUT2D eigenvalue weighted by Crippen LogP contribution is 2.34. The van der Waals surface area contributed by atoms with Crippen LogP contribution < -0.4 is 0 Å². The monoisotopic (exact) mass is 206 g/mol. The lowest BCUT2D eigenvalue weighted by Crippen LogP contribution is -2.29. The van der Waals surface area contributed by atoms with E-state index in [0.717, 1.165) is 13.0 Å². The van der Waals surface area contributed by atoms with Crippen molar-refractivity contribution in [3.05, 3.63) is 35.9 Å². The maximum atomic E-state index is 5.68. The first-order valence-corrected chi connectivity index (χ1v) is 5.36. The second kappa shape index (κ2) is 3.93. The van der Waals surface area contributed by atoms with E-state index in [0.29, 0.717) is 12.7 Å². The van der Waals surface area contributed by atoms with Crippen LogP contribution in [-0.4, -0.2) is 25.1 Å². The number of fused-ring (bicyclic) bond motifs is 1. The van der Waals surface area contributed by atoms with Crippen molar-refractivity contribution in [1.82, 2.24) is 0 Å². The van der Waals surface area contributed by atoms with Gasteiger partial charge < -0.3 is 14.2 Å². The molecule has 0 amide bonds. The normalized spacial score (nSPS) is 33.5. The van der Waals surface area contributed by atoms with Gasteiger partial charge in [-0.3, -0.25) is 0 Å². The van der Waals surface area contributed by atoms with Crippen molar-refractivity contribution in [3.63, 3.8) is 0 Å². The molecule has 15 heavy (non-hydrogen) atoms. The van der Waals surface area contributed by atoms with E-state index in [2.05, 4.69) is 0 Å². The molecule has 0 saturated carbocycles. The molecule has 80 valence electrons. The van der Waals surface area contributed by atoms with Crippen LogP contribution in [0.2, 0.25) is 0 Å². The van der Waals surface area contributed by atoms with Crippen molar-refractivity contribution in [1.29, 1.82) is 0 Å². The molecule has 1 aromatic carbocycles. The van der Waals surface area contributed by atoms with Gasteiger partial charge in [0.25, 0.3) is 0 Å². The van der Waals surface area contributed by atoms with Gasteiger partial charge in [0.2, 0.25) is 0 Å². The third kappa shape index (κ3) is 2.04. The molecule has 2 heterocycles. The molecule has 1 aromatic rings. The van der Waals surface area contributed by atoms with Gasteiger partial charge in [-0.15, -0.1) is 0 Å². The first-order chi connectivity index (χ1) is 7.43. The Morgan fingerprint density at radius 2 is 2.13 bits per heavy atom. The molecule has 2 aliphatic rings. The van der Waals surface area contributed by atoms with Gasteiger partial charge in [0.1, 0.15) is 6.10 Å². The van der Waals surface area contributed by atoms with E-state index in [9.17, 15) is 0 Å². The Morgan fingerprint density at radius 1 is 1.27 bits per heavy atom. The van der Waals surface area contributed by atoms with Gasteiger partial charge in [-0.1, -0.05) is 30.3 Å². The summed E-state index contributed by atoms with van der Waals surface area (Å²) in [7, 11) is 0. The third-order valence-electron chi connectivity index (χ3n) is 2.83. The van der Waals surface area contributed by atoms with E-state index in [1.165, 1.54) is 5.56 Å². The fourth-order valence-electron chi connectivity index (χ4n) is 1.92. The maximum Gasteiger partial charge on any atom is 0.186 e. The smallest absolute Gasteiger partial charge is 0.186 e. The zero-order chi connectivity index (χ0) is 10.1. The minimum absolute atomic E-state index is 0.163. The highest BCUT2D eigenvalue weighted by Gasteiger charge is 2.49. The van der Waals surface area contributed by atoms with Gasteiger partial charge >= 0.3 is 0 Å². The molecule has 3 heteroatoms. The quantitative estimate of drug-likeness (QED) is 0.705. The van der Waals surface area contributed by atoms with Gasteiger partial charge in [-0.05, 0) is 12.0 Å². The number of rotatable bonds is 3. The largest absolute Gasteiger partial charge is 0.364 e. The summed E-state index contributed by atoms with van der Waals surface area (Å²) in [6, 6.07) is 10.1. The highest BCUT2D eigenvalue weighted by molar-refractivity contribution is 5.13. The first kappa shape index (κ1) is 9.33. The van der Waals surface area contributed by atoms with Crippen LogP contribution in [0, 0.1) is 0 Å². The van der Waals surface area contributed by atoms with Gasteiger partial charge in [0.15, 0.2) is 6.29 Å². The number of ether oxygens (including phenoxy) is 3. The van der Waals surface area contributed by atoms with Gasteiger partial charge in [0.05, 0.1) is 19.3 Å². The summed E-state index contributed by atoms with van der Waals surface area (Å²) in [6.07, 6.45) is 1.42. The van der Waals surface area contributed by atoms with Crippen LogP contribution in [0.4, 0.5) is 0 Å². The van der Waals surface area contributed by atoms with Crippen molar-refractivity contribution in [2.45, 2.75) is 31.5 Å². The molecular formula is C12H14O3. The molecule has 0 aliphatic carbocycles. The summed E-state index contributed by atoms with van der Waals surface area (Å²) < 4.78 is 16.6. The molecule has 0 spiro atoms. The lowest BCUT2D eigenvalue weighted by Gasteiger charge is -2.19. The second-order valence-electron chi connectivity index (χ2n) is 3.96. The fourth-order valence-corrected chi connectivity index (χ4v) is 1.92. The minimum atomic E-state index is -0.163. The van der Waals surface area contributed by atoms with Crippen molar-refractivity contribution >= 4 is 0 Å². The summed E-state index contributed by atoms with van der Waals surface area (Å²) in [6.45, 7) is 1.35. The Morgan fingerprint density at radius 3 is 3.00 bits per heavy atom. The lowest BCUT2D eigenvalue weighted by atomic mass is 10.2. The van der Waals surface area contributed by atoms with Crippen LogP contribution in [0.25, 0.3) is 0 Å². The lowest BCUT2D eigenvalue weighted by molar-refractivity contribution is -0.165. The maximum absolute atomic E-state index is 5.68. The zero-order valence-electron chi connectivity index (χ0n) is 8.46. The molecule has 2 saturated heterocycles. The molecule has 0 radical (unpaired) electrons. The second-order valence-corrected chi connectivity index (χ2v) is 3.96. The van der Waals surface area contributed by atoms with E-state index >= 15 is 0 Å². The summed E-state index contributed by atoms with van der Waals surface area (Å²) in [5.41, 5.74) is 1.17. The standard InChI is InChI=1S/C12H14O3/c1-2-4-9(5-3-1)8-14-12-11-10(15-11)6-7-13-12/h1-5,10-12H,6-8H2/t10-,11-,12+/m1/s1. The third-order valence-corrected chi connectivity index (χ3v) is 2.83. The van der Waals surface area contributed by atoms with Gasteiger partial charge in [-0.2, -0.15) is 0 Å². The molecule has 2 aliphatic heterocycles. The van der Waals surface area contributed by atoms with E-state index in [1.54, 1.807) is 0 Å². The SMILES string of the molecule is c1ccc(CO[C@@H]2OCC[C@H]3O[C@@H]23)cc1. The summed E-state index contributed by atoms with van der Waals surface area (Å²) in [4.78, 5) is 0. The Kier molecular flexibility index (Phi) is 2.44. The molecule has 0 unspecified atom stereocenters. The van der Waals surface area contributed by atoms with Crippen LogP contribution in [0.3, 0.4) is 0 Å². The van der Waals surface area contributed by atoms with E-state index in [1.807, 2.05) is 30.3 Å². The van der Waals surface area contributed by atoms with Crippen LogP contribution in [0.5, 0.6) is 0 Å². The molecule has 2 fully saturated rings. The topological polar surface area (TPSA) is 31.0 Å². The number of epoxide rings is 1. The average molecular weight is 206 g/mol. The van der Waals surface area contributed by atoms with Crippen LogP contribution >= 0.6 is 0 Å². The van der Waals surface area contributed by atoms with Crippen molar-refractivity contribution in [2.75, 3.05) is 6.61 Å². The number of hydrogen-bond donors (Lipinski definition) is 0. The first-order valence-electron chi connectivity index (χ1n) is 5.36. The van der Waals surface area contributed by atoms with Crippen molar-refractivity contribution in [2.24, 2.45) is 0 Å². The van der Waals surface area contributed by atoms with Crippen LogP contribution in [0.1, 0.15) is 12.0 Å². The Bertz CT molecular complexity index is 325. The molecular weight excluding hydrogens is 192 g/mol. The molecule has 3 nitrogen and oxygen atoms in total. The van der Waals surface area contributed by atoms with Gasteiger partial charge in [-0.25, -0.2) is 0 Å². The summed E-state index contributed by atoms with van der Waals surface area (Å²) in [5.74, 6) is 0. The van der Waals surface area contributed by atoms with E-state index in [4.69, 9.17) is 14.2 Å². The predicted octanol–water partition coefficient (Wildman–Crippen LogP) is 1.72. The number of hydrogen-bond acceptors (Lipinski definition) is 3. The molecule has 0 aromatic heterocycles.